The van der Waals surface area contributed by atoms with Crippen LogP contribution < -0.4 is 11.1 Å². The fraction of sp³-hybridized carbons (Fsp3) is 0.107. The third kappa shape index (κ3) is 3.60. The van der Waals surface area contributed by atoms with Crippen LogP contribution in [0.25, 0.3) is 49.1 Å². The second-order valence-corrected chi connectivity index (χ2v) is 11.0. The molecule has 0 amide bonds. The molecule has 0 aliphatic heterocycles. The lowest BCUT2D eigenvalue weighted by Gasteiger charge is -2.13. The summed E-state index contributed by atoms with van der Waals surface area (Å²) < 4.78 is 1.77. The molecule has 38 heavy (non-hydrogen) atoms. The molecule has 7 rings (SSSR count). The van der Waals surface area contributed by atoms with E-state index in [1.54, 1.807) is 6.92 Å². The maximum atomic E-state index is 14.1. The Morgan fingerprint density at radius 2 is 1.66 bits per heavy atom. The molecule has 0 saturated carbocycles. The Balaban J connectivity index is 1.60. The summed E-state index contributed by atoms with van der Waals surface area (Å²) in [6, 6.07) is 15.1. The van der Waals surface area contributed by atoms with Gasteiger partial charge >= 0.3 is 0 Å². The minimum absolute atomic E-state index is 0.298. The zero-order chi connectivity index (χ0) is 26.1. The highest BCUT2D eigenvalue weighted by atomic mass is 35.5. The highest BCUT2D eigenvalue weighted by Crippen LogP contribution is 2.41. The number of fused-ring (bicyclic) bond motifs is 5. The topological polar surface area (TPSA) is 93.0 Å². The average molecular weight is 558 g/mol. The first-order chi connectivity index (χ1) is 18.4. The predicted octanol–water partition coefficient (Wildman–Crippen LogP) is 6.31. The van der Waals surface area contributed by atoms with Crippen LogP contribution in [0.3, 0.4) is 0 Å². The number of aromatic amines is 1. The van der Waals surface area contributed by atoms with Crippen molar-refractivity contribution >= 4 is 72.5 Å². The second kappa shape index (κ2) is 8.59. The highest BCUT2D eigenvalue weighted by molar-refractivity contribution is 7.23. The molecule has 1 aliphatic rings. The van der Waals surface area contributed by atoms with Gasteiger partial charge in [-0.15, -0.1) is 0 Å². The number of aromatic nitrogens is 5. The molecule has 0 atom stereocenters. The van der Waals surface area contributed by atoms with E-state index >= 15 is 0 Å². The van der Waals surface area contributed by atoms with E-state index in [0.717, 1.165) is 57.7 Å². The normalized spacial score (nSPS) is 14.2. The Kier molecular flexibility index (Phi) is 5.26. The van der Waals surface area contributed by atoms with E-state index < -0.39 is 0 Å². The second-order valence-electron chi connectivity index (χ2n) is 9.18. The third-order valence-electron chi connectivity index (χ3n) is 6.76. The molecule has 6 aromatic rings. The van der Waals surface area contributed by atoms with Gasteiger partial charge in [0.2, 0.25) is 4.96 Å². The van der Waals surface area contributed by atoms with Crippen LogP contribution in [0.15, 0.2) is 58.1 Å². The molecule has 0 unspecified atom stereocenters. The first-order valence-electron chi connectivity index (χ1n) is 11.9. The molecule has 7 nitrogen and oxygen atoms in total. The monoisotopic (exact) mass is 557 g/mol. The molecule has 4 heterocycles. The van der Waals surface area contributed by atoms with Gasteiger partial charge in [-0.3, -0.25) is 9.59 Å². The molecule has 0 saturated heterocycles. The van der Waals surface area contributed by atoms with Gasteiger partial charge in [0, 0.05) is 15.6 Å². The van der Waals surface area contributed by atoms with E-state index in [1.807, 2.05) is 48.5 Å². The Bertz CT molecular complexity index is 2090. The van der Waals surface area contributed by atoms with Gasteiger partial charge in [0.05, 0.1) is 11.1 Å². The summed E-state index contributed by atoms with van der Waals surface area (Å²) in [5, 5.41) is 1.68. The lowest BCUT2D eigenvalue weighted by Crippen LogP contribution is -2.18. The highest BCUT2D eigenvalue weighted by Gasteiger charge is 2.28. The van der Waals surface area contributed by atoms with Crippen LogP contribution in [-0.4, -0.2) is 24.3 Å². The summed E-state index contributed by atoms with van der Waals surface area (Å²) in [5.74, 6) is 0.427. The van der Waals surface area contributed by atoms with Crippen molar-refractivity contribution in [2.45, 2.75) is 19.8 Å². The van der Waals surface area contributed by atoms with Crippen molar-refractivity contribution < 1.29 is 0 Å². The Morgan fingerprint density at radius 3 is 2.39 bits per heavy atom. The van der Waals surface area contributed by atoms with Crippen molar-refractivity contribution in [1.82, 2.24) is 24.3 Å². The molecular formula is C28H17Cl2N5O2S. The minimum atomic E-state index is -0.302. The quantitative estimate of drug-likeness (QED) is 0.269. The van der Waals surface area contributed by atoms with Gasteiger partial charge in [-0.05, 0) is 72.4 Å². The van der Waals surface area contributed by atoms with E-state index in [1.165, 1.54) is 4.40 Å². The molecule has 186 valence electrons. The number of aryl methyl sites for hydroxylation is 1. The lowest BCUT2D eigenvalue weighted by molar-refractivity contribution is 1.02. The summed E-state index contributed by atoms with van der Waals surface area (Å²) in [5.41, 5.74) is 5.56. The number of allylic oxidation sites excluding steroid dienone is 1. The third-order valence-corrected chi connectivity index (χ3v) is 8.30. The van der Waals surface area contributed by atoms with Gasteiger partial charge < -0.3 is 4.98 Å². The van der Waals surface area contributed by atoms with E-state index in [2.05, 4.69) is 16.0 Å². The number of benzene rings is 2. The maximum Gasteiger partial charge on any atom is 0.270 e. The Hall–Kier alpha value is -3.85. The summed E-state index contributed by atoms with van der Waals surface area (Å²) in [4.78, 5) is 44.0. The number of nitrogens with one attached hydrogen (secondary N) is 1. The van der Waals surface area contributed by atoms with Gasteiger partial charge in [0.1, 0.15) is 10.5 Å². The van der Waals surface area contributed by atoms with Gasteiger partial charge in [0.15, 0.2) is 11.3 Å². The van der Waals surface area contributed by atoms with E-state index in [9.17, 15) is 9.59 Å². The van der Waals surface area contributed by atoms with Crippen molar-refractivity contribution in [3.63, 3.8) is 0 Å². The molecule has 0 bridgehead atoms. The molecule has 10 heteroatoms. The fourth-order valence-electron chi connectivity index (χ4n) is 5.11. The first-order valence-corrected chi connectivity index (χ1v) is 13.5. The van der Waals surface area contributed by atoms with Crippen molar-refractivity contribution in [2.75, 3.05) is 0 Å². The van der Waals surface area contributed by atoms with Crippen molar-refractivity contribution in [2.24, 2.45) is 0 Å². The van der Waals surface area contributed by atoms with Crippen LogP contribution >= 0.6 is 34.5 Å². The number of halogens is 2. The Labute approximate surface area is 229 Å². The van der Waals surface area contributed by atoms with E-state index in [4.69, 9.17) is 33.2 Å². The number of nitrogens with zero attached hydrogens (tertiary/aromatic N) is 4. The molecule has 0 radical (unpaired) electrons. The molecule has 0 fully saturated rings. The molecule has 1 aliphatic carbocycles. The van der Waals surface area contributed by atoms with Gasteiger partial charge in [-0.2, -0.15) is 4.98 Å². The van der Waals surface area contributed by atoms with E-state index in [0.29, 0.717) is 42.2 Å². The van der Waals surface area contributed by atoms with Crippen LogP contribution in [-0.2, 0) is 6.42 Å². The number of hydrogen-bond donors (Lipinski definition) is 1. The van der Waals surface area contributed by atoms with Gasteiger partial charge in [0.25, 0.3) is 11.1 Å². The number of rotatable bonds is 2. The number of thiazole rings is 1. The summed E-state index contributed by atoms with van der Waals surface area (Å²) in [6.45, 7) is 1.69. The van der Waals surface area contributed by atoms with Crippen LogP contribution in [0.4, 0.5) is 0 Å². The van der Waals surface area contributed by atoms with Crippen LogP contribution in [0.1, 0.15) is 29.1 Å². The van der Waals surface area contributed by atoms with Crippen LogP contribution in [0, 0.1) is 6.92 Å². The predicted molar refractivity (Wildman–Crippen MR) is 153 cm³/mol. The Morgan fingerprint density at radius 1 is 0.947 bits per heavy atom. The van der Waals surface area contributed by atoms with Gasteiger partial charge in [-0.1, -0.05) is 58.8 Å². The van der Waals surface area contributed by atoms with Crippen LogP contribution in [0.5, 0.6) is 0 Å². The van der Waals surface area contributed by atoms with Crippen molar-refractivity contribution in [1.29, 1.82) is 0 Å². The fourth-order valence-corrected chi connectivity index (χ4v) is 6.31. The maximum absolute atomic E-state index is 14.1. The number of pyridine rings is 1. The minimum Gasteiger partial charge on any atom is -0.309 e. The smallest absolute Gasteiger partial charge is 0.270 e. The van der Waals surface area contributed by atoms with Gasteiger partial charge in [-0.25, -0.2) is 14.4 Å². The van der Waals surface area contributed by atoms with E-state index in [-0.39, 0.29) is 11.1 Å². The van der Waals surface area contributed by atoms with Crippen molar-refractivity contribution in [3.05, 3.63) is 102 Å². The van der Waals surface area contributed by atoms with Crippen molar-refractivity contribution in [3.8, 4) is 11.1 Å². The van der Waals surface area contributed by atoms with Crippen LogP contribution in [0.2, 0.25) is 10.0 Å². The number of H-pyrrole nitrogens is 1. The molecular weight excluding hydrogens is 541 g/mol. The molecule has 2 aromatic carbocycles. The standard InChI is InChI=1S/C28H17Cl2N5O2S/c1-13-31-25-23(26(36)32-13)38-28-34-24-21(27(37)35(25)28)20(15-4-9-18(30)10-5-15)19-11-6-16(22(19)33-24)12-14-2-7-17(29)8-3-14/h2-5,7-10,12H,6,11H2,1H3,(H,31,32,36)/b16-12+. The largest absolute Gasteiger partial charge is 0.309 e. The summed E-state index contributed by atoms with van der Waals surface area (Å²) in [7, 11) is 0. The number of hydrogen-bond acceptors (Lipinski definition) is 6. The first kappa shape index (κ1) is 23.3. The lowest BCUT2D eigenvalue weighted by atomic mass is 9.96. The molecule has 4 aromatic heterocycles. The molecule has 0 spiro atoms. The zero-order valence-electron chi connectivity index (χ0n) is 19.9. The average Bonchev–Trinajstić information content (AvgIpc) is 3.46. The summed E-state index contributed by atoms with van der Waals surface area (Å²) in [6.07, 6.45) is 3.60. The molecule has 1 N–H and O–H groups in total. The summed E-state index contributed by atoms with van der Waals surface area (Å²) >= 11 is 13.4. The zero-order valence-corrected chi connectivity index (χ0v) is 22.2. The SMILES string of the molecule is Cc1nc2c(sc3nc4nc5c(c(-c6ccc(Cl)cc6)c4c(=O)n32)CC/C5=C\c2ccc(Cl)cc2)c(=O)[nH]1.